The molecule has 6 rings (SSSR count). The highest BCUT2D eigenvalue weighted by Gasteiger charge is 2.53. The fourth-order valence-electron chi connectivity index (χ4n) is 4.25. The first kappa shape index (κ1) is 27.8. The van der Waals surface area contributed by atoms with Crippen LogP contribution in [0.3, 0.4) is 0 Å². The summed E-state index contributed by atoms with van der Waals surface area (Å²) < 4.78 is 8.41. The molecule has 15 nitrogen and oxygen atoms in total. The van der Waals surface area contributed by atoms with Gasteiger partial charge in [-0.25, -0.2) is 14.5 Å². The van der Waals surface area contributed by atoms with E-state index in [1.54, 1.807) is 17.1 Å². The number of thioether (sulfide) groups is 2. The van der Waals surface area contributed by atoms with Gasteiger partial charge in [0.05, 0.1) is 22.9 Å². The number of β-lactam (4-membered cyclic amide) rings is 1. The summed E-state index contributed by atoms with van der Waals surface area (Å²) >= 11 is 4.47. The Bertz CT molecular complexity index is 1800. The number of hydrogen-bond acceptors (Lipinski definition) is 15. The van der Waals surface area contributed by atoms with Gasteiger partial charge in [0.2, 0.25) is 5.95 Å². The van der Waals surface area contributed by atoms with Gasteiger partial charge in [0.15, 0.2) is 27.6 Å². The number of anilines is 1. The Kier molecular flexibility index (Phi) is 7.39. The van der Waals surface area contributed by atoms with E-state index in [-0.39, 0.29) is 22.3 Å². The molecule has 0 spiro atoms. The number of aliphatic carboxylic acids is 1. The smallest absolute Gasteiger partial charge is 0.276 e. The molecule has 1 fully saturated rings. The van der Waals surface area contributed by atoms with Crippen molar-refractivity contribution in [1.82, 2.24) is 34.1 Å². The van der Waals surface area contributed by atoms with E-state index in [4.69, 9.17) is 5.73 Å². The van der Waals surface area contributed by atoms with E-state index >= 15 is 0 Å². The summed E-state index contributed by atoms with van der Waals surface area (Å²) in [7, 11) is 1.92. The molecule has 2 aliphatic heterocycles. The van der Waals surface area contributed by atoms with Crippen LogP contribution in [0.2, 0.25) is 0 Å². The molecule has 2 aliphatic rings. The van der Waals surface area contributed by atoms with Gasteiger partial charge in [-0.1, -0.05) is 16.9 Å². The third-order valence-corrected chi connectivity index (χ3v) is 10.1. The van der Waals surface area contributed by atoms with Gasteiger partial charge in [-0.3, -0.25) is 19.1 Å². The summed E-state index contributed by atoms with van der Waals surface area (Å²) in [5, 5.41) is 27.9. The predicted molar refractivity (Wildman–Crippen MR) is 151 cm³/mol. The van der Waals surface area contributed by atoms with Gasteiger partial charge in [0.1, 0.15) is 30.5 Å². The van der Waals surface area contributed by atoms with Crippen LogP contribution in [-0.2, 0) is 21.4 Å². The summed E-state index contributed by atoms with van der Waals surface area (Å²) in [4.78, 5) is 52.2. The molecule has 2 atom stereocenters. The zero-order chi connectivity index (χ0) is 29.5. The molecule has 0 radical (unpaired) electrons. The molecule has 0 aromatic carbocycles. The Hall–Kier alpha value is -4.33. The van der Waals surface area contributed by atoms with Crippen molar-refractivity contribution in [3.8, 4) is 17.2 Å². The van der Waals surface area contributed by atoms with Crippen LogP contribution in [-0.4, -0.2) is 74.7 Å². The van der Waals surface area contributed by atoms with Crippen molar-refractivity contribution < 1.29 is 29.3 Å². The molecule has 2 amide bonds. The van der Waals surface area contributed by atoms with Gasteiger partial charge in [-0.15, -0.1) is 23.1 Å². The fraction of sp³-hybridized carbons (Fsp3) is 0.174. The lowest BCUT2D eigenvalue weighted by molar-refractivity contribution is -0.671. The minimum absolute atomic E-state index is 0.0453. The number of nitrogen functional groups attached to an aromatic ring is 1. The Morgan fingerprint density at radius 3 is 2.90 bits per heavy atom. The number of carbonyl (C=O) groups is 3. The fourth-order valence-corrected chi connectivity index (χ4v) is 8.03. The first-order chi connectivity index (χ1) is 20.2. The van der Waals surface area contributed by atoms with E-state index in [0.29, 0.717) is 15.2 Å². The summed E-state index contributed by atoms with van der Waals surface area (Å²) in [6, 6.07) is 2.80. The number of rotatable bonds is 8. The van der Waals surface area contributed by atoms with E-state index < -0.39 is 34.9 Å². The zero-order valence-electron chi connectivity index (χ0n) is 21.3. The number of amides is 2. The number of pyridine rings is 1. The molecule has 42 heavy (non-hydrogen) atoms. The Labute approximate surface area is 253 Å². The number of nitrogens with zero attached hydrogens (tertiary/aromatic N) is 8. The van der Waals surface area contributed by atoms with Gasteiger partial charge in [0.25, 0.3) is 11.8 Å². The molecule has 0 bridgehead atoms. The van der Waals surface area contributed by atoms with E-state index in [2.05, 4.69) is 29.8 Å². The maximum Gasteiger partial charge on any atom is 0.276 e. The van der Waals surface area contributed by atoms with Crippen molar-refractivity contribution >= 4 is 75.0 Å². The number of oxime groups is 1. The second-order valence-electron chi connectivity index (χ2n) is 8.83. The standard InChI is InChI=1S/C23H18N10O5S4/c1-31-4-2-3-10(5-31)11-6-32(9-25-11)22-28-23(42-30-22)41-13-8-39-19-15(18(35)33(19)16(13)20(36)37)27-17(34)14(29-38)12-7-40-21(24)26-12/h2-7,9,15,19H,8H2,1H3,(H4-,24,26,27,34,36,37,38)/t15-,19?/m1/s1. The van der Waals surface area contributed by atoms with Crippen LogP contribution < -0.4 is 20.7 Å². The third kappa shape index (κ3) is 5.10. The van der Waals surface area contributed by atoms with Gasteiger partial charge in [0, 0.05) is 28.3 Å². The van der Waals surface area contributed by atoms with Crippen LogP contribution in [0.15, 0.2) is 62.5 Å². The van der Waals surface area contributed by atoms with Crippen molar-refractivity contribution in [1.29, 1.82) is 0 Å². The normalized spacial score (nSPS) is 18.5. The first-order valence-electron chi connectivity index (χ1n) is 11.9. The average molecular weight is 643 g/mol. The predicted octanol–water partition coefficient (Wildman–Crippen LogP) is -0.414. The average Bonchev–Trinajstić information content (AvgIpc) is 3.73. The molecular weight excluding hydrogens is 625 g/mol. The Balaban J connectivity index is 1.17. The number of thiazole rings is 1. The second kappa shape index (κ2) is 11.2. The van der Waals surface area contributed by atoms with Crippen LogP contribution in [0, 0.1) is 0 Å². The zero-order valence-corrected chi connectivity index (χ0v) is 24.5. The van der Waals surface area contributed by atoms with E-state index in [9.17, 15) is 24.7 Å². The topological polar surface area (TPSA) is 209 Å². The largest absolute Gasteiger partial charge is 0.543 e. The Morgan fingerprint density at radius 1 is 1.36 bits per heavy atom. The van der Waals surface area contributed by atoms with E-state index in [1.807, 2.05) is 36.1 Å². The molecule has 6 heterocycles. The number of carboxylic acid groups (broad SMARTS) is 1. The lowest BCUT2D eigenvalue weighted by Crippen LogP contribution is -2.71. The number of carboxylic acids is 1. The maximum absolute atomic E-state index is 13.0. The van der Waals surface area contributed by atoms with E-state index in [1.165, 1.54) is 17.1 Å². The number of nitrogens with two attached hydrogens (primary N) is 1. The molecular formula is C23H18N10O5S4. The van der Waals surface area contributed by atoms with Gasteiger partial charge in [-0.05, 0) is 17.6 Å². The Morgan fingerprint density at radius 2 is 2.19 bits per heavy atom. The molecule has 1 unspecified atom stereocenters. The lowest BCUT2D eigenvalue weighted by Gasteiger charge is -2.50. The number of nitrogens with one attached hydrogen (secondary N) is 1. The number of aromatic nitrogens is 6. The van der Waals surface area contributed by atoms with Gasteiger partial charge in [-0.2, -0.15) is 9.36 Å². The lowest BCUT2D eigenvalue weighted by atomic mass is 10.0. The van der Waals surface area contributed by atoms with Crippen LogP contribution >= 0.6 is 46.4 Å². The number of hydrogen-bond donors (Lipinski definition) is 3. The van der Waals surface area contributed by atoms with Crippen molar-refractivity contribution in [2.45, 2.75) is 15.8 Å². The quantitative estimate of drug-likeness (QED) is 0.0737. The molecule has 19 heteroatoms. The summed E-state index contributed by atoms with van der Waals surface area (Å²) in [5.41, 5.74) is 6.57. The van der Waals surface area contributed by atoms with Crippen LogP contribution in [0.4, 0.5) is 5.13 Å². The highest BCUT2D eigenvalue weighted by atomic mass is 32.2. The number of aryl methyl sites for hydroxylation is 1. The molecule has 0 saturated carbocycles. The summed E-state index contributed by atoms with van der Waals surface area (Å²) in [6.45, 7) is 0. The second-order valence-corrected chi connectivity index (χ2v) is 12.9. The monoisotopic (exact) mass is 642 g/mol. The van der Waals surface area contributed by atoms with Gasteiger partial charge < -0.3 is 26.2 Å². The highest BCUT2D eigenvalue weighted by Crippen LogP contribution is 2.45. The van der Waals surface area contributed by atoms with Crippen molar-refractivity contribution in [3.05, 3.63) is 58.7 Å². The number of carbonyl (C=O) groups excluding carboxylic acids is 3. The van der Waals surface area contributed by atoms with Crippen LogP contribution in [0.1, 0.15) is 5.69 Å². The maximum atomic E-state index is 13.0. The van der Waals surface area contributed by atoms with Crippen molar-refractivity contribution in [2.24, 2.45) is 12.2 Å². The minimum atomic E-state index is -1.53. The first-order valence-corrected chi connectivity index (χ1v) is 15.4. The van der Waals surface area contributed by atoms with Gasteiger partial charge >= 0.3 is 0 Å². The van der Waals surface area contributed by atoms with Crippen molar-refractivity contribution in [3.63, 3.8) is 0 Å². The number of fused-ring (bicyclic) bond motifs is 1. The molecule has 0 aliphatic carbocycles. The molecule has 1 saturated heterocycles. The van der Waals surface area contributed by atoms with E-state index in [0.717, 1.165) is 50.8 Å². The SMILES string of the molecule is C[n+]1cccc(-c2cn(-c3nsc(SC4=C(C(=O)[O-])N5C(=O)[C@@H](NC(=O)/C(=N\O)c6csc(N)n6)C5SC4)n3)cn2)c1. The molecule has 4 aromatic heterocycles. The molecule has 214 valence electrons. The molecule has 4 aromatic rings. The summed E-state index contributed by atoms with van der Waals surface area (Å²) in [6.07, 6.45) is 7.24. The summed E-state index contributed by atoms with van der Waals surface area (Å²) in [5.74, 6) is -2.45. The van der Waals surface area contributed by atoms with Crippen molar-refractivity contribution in [2.75, 3.05) is 11.5 Å². The number of imidazole rings is 1. The minimum Gasteiger partial charge on any atom is -0.543 e. The molecule has 4 N–H and O–H groups in total. The third-order valence-electron chi connectivity index (χ3n) is 6.15. The van der Waals surface area contributed by atoms with Crippen LogP contribution in [0.25, 0.3) is 17.2 Å². The highest BCUT2D eigenvalue weighted by molar-refractivity contribution is 8.07. The van der Waals surface area contributed by atoms with Crippen LogP contribution in [0.5, 0.6) is 0 Å².